The predicted octanol–water partition coefficient (Wildman–Crippen LogP) is 0.685. The molecular formula is C9H13NO4S2. The number of hydrogen-bond acceptors (Lipinski definition) is 4. The molecule has 2 N–H and O–H groups in total. The number of hydrogen-bond donors (Lipinski definition) is 2. The van der Waals surface area contributed by atoms with E-state index in [-0.39, 0.29) is 18.7 Å². The van der Waals surface area contributed by atoms with Crippen LogP contribution in [0, 0.1) is 0 Å². The van der Waals surface area contributed by atoms with E-state index in [1.165, 1.54) is 11.3 Å². The van der Waals surface area contributed by atoms with Gasteiger partial charge < -0.3 is 5.11 Å². The van der Waals surface area contributed by atoms with Crippen molar-refractivity contribution in [2.24, 2.45) is 0 Å². The number of carboxylic acids is 1. The van der Waals surface area contributed by atoms with Gasteiger partial charge >= 0.3 is 5.97 Å². The highest BCUT2D eigenvalue weighted by molar-refractivity contribution is 7.89. The largest absolute Gasteiger partial charge is 0.481 e. The Morgan fingerprint density at radius 1 is 1.50 bits per heavy atom. The minimum atomic E-state index is -3.36. The second kappa shape index (κ2) is 5.97. The highest BCUT2D eigenvalue weighted by Crippen LogP contribution is 2.09. The van der Waals surface area contributed by atoms with Gasteiger partial charge in [-0.15, -0.1) is 11.3 Å². The highest BCUT2D eigenvalue weighted by Gasteiger charge is 2.10. The SMILES string of the molecule is O=C(O)CCNS(=O)(=O)CCc1cccs1. The van der Waals surface area contributed by atoms with Gasteiger partial charge in [0.2, 0.25) is 10.0 Å². The summed E-state index contributed by atoms with van der Waals surface area (Å²) in [6.07, 6.45) is 0.262. The van der Waals surface area contributed by atoms with Crippen molar-refractivity contribution in [3.8, 4) is 0 Å². The van der Waals surface area contributed by atoms with Gasteiger partial charge in [0.25, 0.3) is 0 Å². The number of aliphatic carboxylic acids is 1. The molecule has 5 nitrogen and oxygen atoms in total. The summed E-state index contributed by atoms with van der Waals surface area (Å²) in [5, 5.41) is 10.2. The van der Waals surface area contributed by atoms with E-state index >= 15 is 0 Å². The van der Waals surface area contributed by atoms with Gasteiger partial charge in [-0.05, 0) is 17.9 Å². The zero-order valence-corrected chi connectivity index (χ0v) is 10.2. The molecule has 1 heterocycles. The van der Waals surface area contributed by atoms with Gasteiger partial charge in [0.1, 0.15) is 0 Å². The molecule has 0 aliphatic carbocycles. The normalized spacial score (nSPS) is 11.5. The second-order valence-electron chi connectivity index (χ2n) is 3.19. The van der Waals surface area contributed by atoms with Crippen LogP contribution in [0.5, 0.6) is 0 Å². The summed E-state index contributed by atoms with van der Waals surface area (Å²) in [5.41, 5.74) is 0. The first kappa shape index (κ1) is 13.1. The topological polar surface area (TPSA) is 83.5 Å². The zero-order chi connectivity index (χ0) is 12.0. The smallest absolute Gasteiger partial charge is 0.304 e. The number of aryl methyl sites for hydroxylation is 1. The predicted molar refractivity (Wildman–Crippen MR) is 62.1 cm³/mol. The fourth-order valence-corrected chi connectivity index (χ4v) is 2.96. The van der Waals surface area contributed by atoms with Gasteiger partial charge in [-0.2, -0.15) is 0 Å². The van der Waals surface area contributed by atoms with Crippen molar-refractivity contribution in [1.82, 2.24) is 4.72 Å². The molecule has 0 radical (unpaired) electrons. The van der Waals surface area contributed by atoms with Gasteiger partial charge in [-0.1, -0.05) is 6.07 Å². The zero-order valence-electron chi connectivity index (χ0n) is 8.55. The number of nitrogens with one attached hydrogen (secondary N) is 1. The Morgan fingerprint density at radius 3 is 2.81 bits per heavy atom. The molecule has 7 heteroatoms. The van der Waals surface area contributed by atoms with Gasteiger partial charge in [0, 0.05) is 11.4 Å². The summed E-state index contributed by atoms with van der Waals surface area (Å²) in [6.45, 7) is -0.0535. The maximum atomic E-state index is 11.4. The Kier molecular flexibility index (Phi) is 4.91. The van der Waals surface area contributed by atoms with E-state index < -0.39 is 16.0 Å². The average molecular weight is 263 g/mol. The van der Waals surface area contributed by atoms with Crippen molar-refractivity contribution < 1.29 is 18.3 Å². The molecule has 0 spiro atoms. The number of carbonyl (C=O) groups is 1. The van der Waals surface area contributed by atoms with Crippen LogP contribution >= 0.6 is 11.3 Å². The molecule has 0 aliphatic heterocycles. The molecule has 1 rings (SSSR count). The van der Waals surface area contributed by atoms with E-state index in [1.807, 2.05) is 17.5 Å². The minimum absolute atomic E-state index is 0.00681. The molecule has 0 saturated carbocycles. The quantitative estimate of drug-likeness (QED) is 0.758. The standard InChI is InChI=1S/C9H13NO4S2/c11-9(12)3-5-10-16(13,14)7-4-8-2-1-6-15-8/h1-2,6,10H,3-5,7H2,(H,11,12). The van der Waals surface area contributed by atoms with E-state index in [1.54, 1.807) is 0 Å². The van der Waals surface area contributed by atoms with Gasteiger partial charge in [0.15, 0.2) is 0 Å². The fraction of sp³-hybridized carbons (Fsp3) is 0.444. The van der Waals surface area contributed by atoms with E-state index in [0.29, 0.717) is 6.42 Å². The van der Waals surface area contributed by atoms with Gasteiger partial charge in [-0.3, -0.25) is 4.79 Å². The van der Waals surface area contributed by atoms with Crippen LogP contribution in [0.2, 0.25) is 0 Å². The number of sulfonamides is 1. The molecular weight excluding hydrogens is 250 g/mol. The molecule has 0 amide bonds. The molecule has 1 aromatic heterocycles. The Morgan fingerprint density at radius 2 is 2.25 bits per heavy atom. The summed E-state index contributed by atoms with van der Waals surface area (Å²) in [5.74, 6) is -1.02. The number of thiophene rings is 1. The summed E-state index contributed by atoms with van der Waals surface area (Å²) in [6, 6.07) is 3.74. The maximum absolute atomic E-state index is 11.4. The molecule has 0 bridgehead atoms. The summed E-state index contributed by atoms with van der Waals surface area (Å²) < 4.78 is 25.1. The molecule has 0 unspecified atom stereocenters. The van der Waals surface area contributed by atoms with Gasteiger partial charge in [-0.25, -0.2) is 13.1 Å². The lowest BCUT2D eigenvalue weighted by Crippen LogP contribution is -2.29. The molecule has 1 aromatic rings. The van der Waals surface area contributed by atoms with Crippen molar-refractivity contribution in [2.45, 2.75) is 12.8 Å². The molecule has 0 atom stereocenters. The lowest BCUT2D eigenvalue weighted by molar-refractivity contribution is -0.136. The average Bonchev–Trinajstić information content (AvgIpc) is 2.66. The first-order valence-corrected chi connectivity index (χ1v) is 7.24. The lowest BCUT2D eigenvalue weighted by Gasteiger charge is -2.04. The van der Waals surface area contributed by atoms with Crippen LogP contribution < -0.4 is 4.72 Å². The first-order chi connectivity index (χ1) is 7.49. The maximum Gasteiger partial charge on any atom is 0.304 e. The summed E-state index contributed by atoms with van der Waals surface area (Å²) in [7, 11) is -3.36. The Labute approximate surface area is 98.2 Å². The monoisotopic (exact) mass is 263 g/mol. The Balaban J connectivity index is 2.31. The first-order valence-electron chi connectivity index (χ1n) is 4.71. The molecule has 90 valence electrons. The van der Waals surface area contributed by atoms with Crippen molar-refractivity contribution in [1.29, 1.82) is 0 Å². The van der Waals surface area contributed by atoms with Crippen molar-refractivity contribution in [3.05, 3.63) is 22.4 Å². The molecule has 0 fully saturated rings. The third kappa shape index (κ3) is 5.24. The molecule has 16 heavy (non-hydrogen) atoms. The van der Waals surface area contributed by atoms with E-state index in [4.69, 9.17) is 5.11 Å². The fourth-order valence-electron chi connectivity index (χ4n) is 1.08. The van der Waals surface area contributed by atoms with E-state index in [2.05, 4.69) is 4.72 Å². The van der Waals surface area contributed by atoms with Crippen LogP contribution in [0.1, 0.15) is 11.3 Å². The molecule has 0 aliphatic rings. The van der Waals surface area contributed by atoms with Crippen LogP contribution in [-0.2, 0) is 21.2 Å². The van der Waals surface area contributed by atoms with Crippen LogP contribution in [0.3, 0.4) is 0 Å². The third-order valence-corrected chi connectivity index (χ3v) is 4.18. The van der Waals surface area contributed by atoms with Crippen LogP contribution in [0.15, 0.2) is 17.5 Å². The Hall–Kier alpha value is -0.920. The summed E-state index contributed by atoms with van der Waals surface area (Å²) >= 11 is 1.51. The van der Waals surface area contributed by atoms with Crippen LogP contribution in [0.25, 0.3) is 0 Å². The lowest BCUT2D eigenvalue weighted by atomic mass is 10.4. The van der Waals surface area contributed by atoms with E-state index in [0.717, 1.165) is 4.88 Å². The third-order valence-electron chi connectivity index (χ3n) is 1.86. The van der Waals surface area contributed by atoms with Gasteiger partial charge in [0.05, 0.1) is 12.2 Å². The number of carboxylic acid groups (broad SMARTS) is 1. The van der Waals surface area contributed by atoms with Crippen LogP contribution in [0.4, 0.5) is 0 Å². The van der Waals surface area contributed by atoms with Crippen LogP contribution in [-0.4, -0.2) is 31.8 Å². The second-order valence-corrected chi connectivity index (χ2v) is 6.14. The van der Waals surface area contributed by atoms with Crippen molar-refractivity contribution in [2.75, 3.05) is 12.3 Å². The van der Waals surface area contributed by atoms with Crippen molar-refractivity contribution >= 4 is 27.3 Å². The minimum Gasteiger partial charge on any atom is -0.481 e. The molecule has 0 saturated heterocycles. The highest BCUT2D eigenvalue weighted by atomic mass is 32.2. The van der Waals surface area contributed by atoms with E-state index in [9.17, 15) is 13.2 Å². The molecule has 0 aromatic carbocycles. The Bertz CT molecular complexity index is 424. The van der Waals surface area contributed by atoms with Crippen molar-refractivity contribution in [3.63, 3.8) is 0 Å². The number of rotatable bonds is 7. The summed E-state index contributed by atoms with van der Waals surface area (Å²) in [4.78, 5) is 11.2.